The fraction of sp³-hybridized carbons (Fsp3) is 0.300. The molecule has 0 bridgehead atoms. The first-order chi connectivity index (χ1) is 13.6. The van der Waals surface area contributed by atoms with Crippen molar-refractivity contribution in [2.24, 2.45) is 5.92 Å². The predicted molar refractivity (Wildman–Crippen MR) is 94.8 cm³/mol. The number of nitrogens with one attached hydrogen (secondary N) is 1. The molecule has 0 radical (unpaired) electrons. The lowest BCUT2D eigenvalue weighted by Gasteiger charge is -2.20. The van der Waals surface area contributed by atoms with Gasteiger partial charge in [-0.05, 0) is 31.2 Å². The van der Waals surface area contributed by atoms with E-state index in [0.29, 0.717) is 6.07 Å². The Hall–Kier alpha value is -2.97. The molecule has 3 rings (SSSR count). The Morgan fingerprint density at radius 3 is 2.55 bits per heavy atom. The van der Waals surface area contributed by atoms with E-state index in [1.165, 1.54) is 25.1 Å². The van der Waals surface area contributed by atoms with Crippen LogP contribution in [0.25, 0.3) is 0 Å². The van der Waals surface area contributed by atoms with Crippen molar-refractivity contribution in [2.45, 2.75) is 25.6 Å². The van der Waals surface area contributed by atoms with Crippen LogP contribution < -0.4 is 10.2 Å². The van der Waals surface area contributed by atoms with Crippen molar-refractivity contribution in [1.29, 1.82) is 0 Å². The lowest BCUT2D eigenvalue weighted by molar-refractivity contribution is -0.137. The van der Waals surface area contributed by atoms with Gasteiger partial charge in [-0.2, -0.15) is 13.2 Å². The molecule has 1 aliphatic rings. The van der Waals surface area contributed by atoms with E-state index in [9.17, 15) is 31.5 Å². The van der Waals surface area contributed by atoms with Gasteiger partial charge in [0.05, 0.1) is 17.5 Å². The zero-order valence-electron chi connectivity index (χ0n) is 15.3. The van der Waals surface area contributed by atoms with Crippen LogP contribution in [0.4, 0.5) is 27.6 Å². The number of benzene rings is 2. The van der Waals surface area contributed by atoms with Crippen molar-refractivity contribution in [2.75, 3.05) is 11.4 Å². The maximum absolute atomic E-state index is 13.9. The fourth-order valence-electron chi connectivity index (χ4n) is 3.24. The van der Waals surface area contributed by atoms with Crippen molar-refractivity contribution in [3.05, 3.63) is 65.2 Å². The normalized spacial score (nSPS) is 18.1. The predicted octanol–water partition coefficient (Wildman–Crippen LogP) is 4.21. The third-order valence-corrected chi connectivity index (χ3v) is 4.77. The molecular weight excluding hydrogens is 395 g/mol. The molecule has 1 saturated heterocycles. The maximum atomic E-state index is 13.9. The lowest BCUT2D eigenvalue weighted by atomic mass is 10.0. The number of rotatable bonds is 4. The SMILES string of the molecule is C[C@H](NC(=O)[C@@H]1CC(=O)N(c2cccc(C(F)(F)F)c2)C1)c1ccc(F)cc1F. The Bertz CT molecular complexity index is 945. The van der Waals surface area contributed by atoms with Crippen molar-refractivity contribution < 1.29 is 31.5 Å². The van der Waals surface area contributed by atoms with Gasteiger partial charge in [-0.15, -0.1) is 0 Å². The molecule has 0 unspecified atom stereocenters. The molecule has 9 heteroatoms. The number of alkyl halides is 3. The summed E-state index contributed by atoms with van der Waals surface area (Å²) in [7, 11) is 0. The van der Waals surface area contributed by atoms with E-state index in [-0.39, 0.29) is 24.2 Å². The molecule has 2 aromatic carbocycles. The van der Waals surface area contributed by atoms with E-state index in [2.05, 4.69) is 5.32 Å². The standard InChI is InChI=1S/C20H17F5N2O2/c1-11(16-6-5-14(21)9-17(16)22)26-19(29)12-7-18(28)27(10-12)15-4-2-3-13(8-15)20(23,24)25/h2-6,8-9,11-12H,7,10H2,1H3,(H,26,29)/t11-,12+/m0/s1. The Labute approximate surface area is 163 Å². The van der Waals surface area contributed by atoms with Crippen LogP contribution in [0.3, 0.4) is 0 Å². The first-order valence-electron chi connectivity index (χ1n) is 8.79. The van der Waals surface area contributed by atoms with Gasteiger partial charge in [-0.3, -0.25) is 9.59 Å². The summed E-state index contributed by atoms with van der Waals surface area (Å²) < 4.78 is 65.6. The van der Waals surface area contributed by atoms with Gasteiger partial charge in [0.25, 0.3) is 0 Å². The minimum Gasteiger partial charge on any atom is -0.349 e. The molecule has 0 aliphatic carbocycles. The summed E-state index contributed by atoms with van der Waals surface area (Å²) >= 11 is 0. The number of carbonyl (C=O) groups excluding carboxylic acids is 2. The number of halogens is 5. The van der Waals surface area contributed by atoms with Crippen LogP contribution in [0.15, 0.2) is 42.5 Å². The molecular formula is C20H17F5N2O2. The average Bonchev–Trinajstić information content (AvgIpc) is 3.03. The van der Waals surface area contributed by atoms with Crippen molar-refractivity contribution in [3.63, 3.8) is 0 Å². The van der Waals surface area contributed by atoms with E-state index >= 15 is 0 Å². The first-order valence-corrected chi connectivity index (χ1v) is 8.79. The summed E-state index contributed by atoms with van der Waals surface area (Å²) in [4.78, 5) is 25.9. The Morgan fingerprint density at radius 2 is 1.90 bits per heavy atom. The third-order valence-electron chi connectivity index (χ3n) is 4.77. The fourth-order valence-corrected chi connectivity index (χ4v) is 3.24. The van der Waals surface area contributed by atoms with Gasteiger partial charge in [0.1, 0.15) is 11.6 Å². The van der Waals surface area contributed by atoms with E-state index in [1.807, 2.05) is 0 Å². The first kappa shape index (κ1) is 20.8. The Morgan fingerprint density at radius 1 is 1.17 bits per heavy atom. The highest BCUT2D eigenvalue weighted by Crippen LogP contribution is 2.33. The van der Waals surface area contributed by atoms with E-state index in [1.54, 1.807) is 0 Å². The molecule has 1 aliphatic heterocycles. The van der Waals surface area contributed by atoms with Crippen LogP contribution in [0.5, 0.6) is 0 Å². The van der Waals surface area contributed by atoms with E-state index < -0.39 is 47.1 Å². The van der Waals surface area contributed by atoms with E-state index in [0.717, 1.165) is 23.1 Å². The van der Waals surface area contributed by atoms with Crippen LogP contribution >= 0.6 is 0 Å². The summed E-state index contributed by atoms with van der Waals surface area (Å²) in [5.74, 6) is -3.38. The van der Waals surface area contributed by atoms with Gasteiger partial charge in [-0.25, -0.2) is 8.78 Å². The third kappa shape index (κ3) is 4.55. The molecule has 0 saturated carbocycles. The zero-order valence-corrected chi connectivity index (χ0v) is 15.3. The highest BCUT2D eigenvalue weighted by molar-refractivity contribution is 6.00. The Kier molecular flexibility index (Phi) is 5.59. The molecule has 0 aromatic heterocycles. The summed E-state index contributed by atoms with van der Waals surface area (Å²) in [5.41, 5.74) is -0.757. The van der Waals surface area contributed by atoms with Crippen LogP contribution in [-0.4, -0.2) is 18.4 Å². The number of anilines is 1. The van der Waals surface area contributed by atoms with Gasteiger partial charge in [0.2, 0.25) is 11.8 Å². The van der Waals surface area contributed by atoms with Crippen LogP contribution in [0.1, 0.15) is 30.5 Å². The highest BCUT2D eigenvalue weighted by atomic mass is 19.4. The second-order valence-corrected chi connectivity index (χ2v) is 6.85. The molecule has 2 atom stereocenters. The smallest absolute Gasteiger partial charge is 0.349 e. The lowest BCUT2D eigenvalue weighted by Crippen LogP contribution is -2.35. The topological polar surface area (TPSA) is 49.4 Å². The van der Waals surface area contributed by atoms with Crippen LogP contribution in [-0.2, 0) is 15.8 Å². The second-order valence-electron chi connectivity index (χ2n) is 6.85. The monoisotopic (exact) mass is 412 g/mol. The summed E-state index contributed by atoms with van der Waals surface area (Å²) in [6.07, 6.45) is -4.73. The maximum Gasteiger partial charge on any atom is 0.416 e. The van der Waals surface area contributed by atoms with Crippen LogP contribution in [0.2, 0.25) is 0 Å². The zero-order chi connectivity index (χ0) is 21.3. The number of nitrogens with zero attached hydrogens (tertiary/aromatic N) is 1. The van der Waals surface area contributed by atoms with E-state index in [4.69, 9.17) is 0 Å². The minimum absolute atomic E-state index is 0.0535. The summed E-state index contributed by atoms with van der Waals surface area (Å²) in [6.45, 7) is 1.42. The van der Waals surface area contributed by atoms with Crippen molar-refractivity contribution in [3.8, 4) is 0 Å². The molecule has 4 nitrogen and oxygen atoms in total. The van der Waals surface area contributed by atoms with Gasteiger partial charge in [0.15, 0.2) is 0 Å². The highest BCUT2D eigenvalue weighted by Gasteiger charge is 2.37. The number of amides is 2. The molecule has 2 amide bonds. The average molecular weight is 412 g/mol. The van der Waals surface area contributed by atoms with Crippen LogP contribution in [0, 0.1) is 17.6 Å². The van der Waals surface area contributed by atoms with Gasteiger partial charge in [-0.1, -0.05) is 12.1 Å². The van der Waals surface area contributed by atoms with Gasteiger partial charge in [0, 0.05) is 30.3 Å². The molecule has 1 fully saturated rings. The molecule has 2 aromatic rings. The van der Waals surface area contributed by atoms with Gasteiger partial charge < -0.3 is 10.2 Å². The Balaban J connectivity index is 1.70. The van der Waals surface area contributed by atoms with Crippen molar-refractivity contribution in [1.82, 2.24) is 5.32 Å². The molecule has 0 spiro atoms. The number of hydrogen-bond acceptors (Lipinski definition) is 2. The summed E-state index contributed by atoms with van der Waals surface area (Å²) in [6, 6.07) is 6.51. The van der Waals surface area contributed by atoms with Crippen molar-refractivity contribution >= 4 is 17.5 Å². The second kappa shape index (κ2) is 7.81. The van der Waals surface area contributed by atoms with Gasteiger partial charge >= 0.3 is 6.18 Å². The minimum atomic E-state index is -4.55. The molecule has 29 heavy (non-hydrogen) atoms. The molecule has 154 valence electrons. The molecule has 1 heterocycles. The summed E-state index contributed by atoms with van der Waals surface area (Å²) in [5, 5.41) is 2.57. The quantitative estimate of drug-likeness (QED) is 0.765. The molecule has 1 N–H and O–H groups in total. The largest absolute Gasteiger partial charge is 0.416 e. The number of carbonyl (C=O) groups is 2. The number of hydrogen-bond donors (Lipinski definition) is 1.